The minimum absolute atomic E-state index is 0.00937. The summed E-state index contributed by atoms with van der Waals surface area (Å²) in [7, 11) is 4.66. The first-order valence-electron chi connectivity index (χ1n) is 11.1. The number of aryl methyl sites for hydroxylation is 1. The van der Waals surface area contributed by atoms with E-state index in [2.05, 4.69) is 20.6 Å². The number of halogens is 2. The minimum Gasteiger partial charge on any atom is -0.360 e. The summed E-state index contributed by atoms with van der Waals surface area (Å²) in [6.07, 6.45) is 1.30. The summed E-state index contributed by atoms with van der Waals surface area (Å²) >= 11 is 0. The number of pyridine rings is 1. The fourth-order valence-corrected chi connectivity index (χ4v) is 4.03. The van der Waals surface area contributed by atoms with Crippen molar-refractivity contribution in [2.45, 2.75) is 6.92 Å². The second-order valence-electron chi connectivity index (χ2n) is 8.58. The van der Waals surface area contributed by atoms with Gasteiger partial charge in [-0.05, 0) is 36.8 Å². The van der Waals surface area contributed by atoms with Crippen molar-refractivity contribution in [3.63, 3.8) is 0 Å². The van der Waals surface area contributed by atoms with Gasteiger partial charge in [-0.1, -0.05) is 0 Å². The molecule has 0 atom stereocenters. The molecule has 0 spiro atoms. The maximum Gasteiger partial charge on any atom is 0.291 e. The van der Waals surface area contributed by atoms with E-state index < -0.39 is 17.7 Å². The van der Waals surface area contributed by atoms with Gasteiger partial charge in [-0.25, -0.2) is 9.37 Å². The molecule has 4 rings (SSSR count). The number of carbonyl (C=O) groups excluding carboxylic acids is 2. The van der Waals surface area contributed by atoms with E-state index in [1.165, 1.54) is 22.7 Å². The molecule has 1 fully saturated rings. The second-order valence-corrected chi connectivity index (χ2v) is 8.58. The first kappa shape index (κ1) is 24.3. The van der Waals surface area contributed by atoms with E-state index in [9.17, 15) is 18.4 Å². The predicted octanol–water partition coefficient (Wildman–Crippen LogP) is 2.43. The zero-order chi connectivity index (χ0) is 25.3. The Labute approximate surface area is 201 Å². The SMILES string of the molecule is Cc1cc(NC(=O)c2ncc(-c3cc(F)c(N(C)C)nc3F)n2C)ccc1C(=O)N1CCNCC1. The molecule has 2 aromatic heterocycles. The van der Waals surface area contributed by atoms with E-state index >= 15 is 0 Å². The van der Waals surface area contributed by atoms with Crippen LogP contribution in [0.15, 0.2) is 30.5 Å². The molecule has 11 heteroatoms. The Kier molecular flexibility index (Phi) is 6.79. The van der Waals surface area contributed by atoms with Crippen LogP contribution in [0.3, 0.4) is 0 Å². The summed E-state index contributed by atoms with van der Waals surface area (Å²) in [5.74, 6) is -2.25. The Balaban J connectivity index is 1.53. The lowest BCUT2D eigenvalue weighted by atomic mass is 10.1. The van der Waals surface area contributed by atoms with Crippen LogP contribution in [0.4, 0.5) is 20.3 Å². The Morgan fingerprint density at radius 1 is 1.14 bits per heavy atom. The zero-order valence-electron chi connectivity index (χ0n) is 20.0. The standard InChI is InChI=1S/C24H27F2N7O2/c1-14-11-15(5-6-16(14)24(35)33-9-7-27-8-10-33)29-23(34)22-28-13-19(32(22)4)17-12-18(25)21(31(2)3)30-20(17)26/h5-6,11-13,27H,7-10H2,1-4H3,(H,29,34). The van der Waals surface area contributed by atoms with Crippen molar-refractivity contribution in [2.75, 3.05) is 50.5 Å². The Morgan fingerprint density at radius 2 is 1.86 bits per heavy atom. The molecule has 9 nitrogen and oxygen atoms in total. The molecule has 0 radical (unpaired) electrons. The highest BCUT2D eigenvalue weighted by molar-refractivity contribution is 6.03. The Bertz CT molecular complexity index is 1280. The van der Waals surface area contributed by atoms with Crippen molar-refractivity contribution in [2.24, 2.45) is 7.05 Å². The molecule has 1 saturated heterocycles. The lowest BCUT2D eigenvalue weighted by Gasteiger charge is -2.28. The maximum absolute atomic E-state index is 14.6. The molecule has 1 aromatic carbocycles. The molecule has 2 N–H and O–H groups in total. The van der Waals surface area contributed by atoms with Gasteiger partial charge in [-0.3, -0.25) is 9.59 Å². The highest BCUT2D eigenvalue weighted by atomic mass is 19.1. The molecule has 3 aromatic rings. The van der Waals surface area contributed by atoms with Gasteiger partial charge in [-0.15, -0.1) is 0 Å². The number of nitrogens with zero attached hydrogens (tertiary/aromatic N) is 5. The lowest BCUT2D eigenvalue weighted by Crippen LogP contribution is -2.46. The number of hydrogen-bond acceptors (Lipinski definition) is 6. The Morgan fingerprint density at radius 3 is 2.51 bits per heavy atom. The van der Waals surface area contributed by atoms with Gasteiger partial charge >= 0.3 is 0 Å². The van der Waals surface area contributed by atoms with Crippen LogP contribution in [0, 0.1) is 18.7 Å². The summed E-state index contributed by atoms with van der Waals surface area (Å²) in [4.78, 5) is 36.6. The molecule has 0 aliphatic carbocycles. The molecule has 2 amide bonds. The fourth-order valence-electron chi connectivity index (χ4n) is 4.03. The van der Waals surface area contributed by atoms with Crippen molar-refractivity contribution in [1.29, 1.82) is 0 Å². The Hall–Kier alpha value is -3.86. The third-order valence-electron chi connectivity index (χ3n) is 5.92. The topological polar surface area (TPSA) is 95.4 Å². The first-order chi connectivity index (χ1) is 16.7. The van der Waals surface area contributed by atoms with Crippen LogP contribution in [-0.2, 0) is 7.05 Å². The predicted molar refractivity (Wildman–Crippen MR) is 129 cm³/mol. The van der Waals surface area contributed by atoms with Gasteiger partial charge in [0.15, 0.2) is 17.5 Å². The van der Waals surface area contributed by atoms with Gasteiger partial charge in [0, 0.05) is 58.6 Å². The molecule has 3 heterocycles. The lowest BCUT2D eigenvalue weighted by molar-refractivity contribution is 0.0735. The van der Waals surface area contributed by atoms with E-state index in [0.717, 1.165) is 24.7 Å². The normalized spacial score (nSPS) is 13.6. The summed E-state index contributed by atoms with van der Waals surface area (Å²) in [5.41, 5.74) is 1.90. The third kappa shape index (κ3) is 4.85. The van der Waals surface area contributed by atoms with Gasteiger partial charge in [0.25, 0.3) is 11.8 Å². The number of rotatable bonds is 5. The second kappa shape index (κ2) is 9.79. The molecule has 184 valence electrons. The van der Waals surface area contributed by atoms with Gasteiger partial charge in [-0.2, -0.15) is 9.37 Å². The van der Waals surface area contributed by atoms with Crippen LogP contribution in [-0.4, -0.2) is 71.5 Å². The number of carbonyl (C=O) groups is 2. The molecule has 0 bridgehead atoms. The van der Waals surface area contributed by atoms with E-state index in [1.807, 2.05) is 6.92 Å². The highest BCUT2D eigenvalue weighted by Gasteiger charge is 2.22. The number of amides is 2. The van der Waals surface area contributed by atoms with Crippen LogP contribution in [0.1, 0.15) is 26.5 Å². The summed E-state index contributed by atoms with van der Waals surface area (Å²) < 4.78 is 30.4. The van der Waals surface area contributed by atoms with Crippen LogP contribution in [0.25, 0.3) is 11.3 Å². The van der Waals surface area contributed by atoms with Crippen molar-refractivity contribution in [3.8, 4) is 11.3 Å². The van der Waals surface area contributed by atoms with Gasteiger partial charge < -0.3 is 25.0 Å². The monoisotopic (exact) mass is 483 g/mol. The number of anilines is 2. The highest BCUT2D eigenvalue weighted by Crippen LogP contribution is 2.27. The molecule has 35 heavy (non-hydrogen) atoms. The van der Waals surface area contributed by atoms with Crippen LogP contribution in [0.5, 0.6) is 0 Å². The quantitative estimate of drug-likeness (QED) is 0.542. The molecule has 1 aliphatic rings. The molecular formula is C24H27F2N7O2. The average molecular weight is 484 g/mol. The van der Waals surface area contributed by atoms with Crippen molar-refractivity contribution < 1.29 is 18.4 Å². The molecule has 0 saturated carbocycles. The minimum atomic E-state index is -0.870. The summed E-state index contributed by atoms with van der Waals surface area (Å²) in [6.45, 7) is 4.63. The third-order valence-corrected chi connectivity index (χ3v) is 5.92. The smallest absolute Gasteiger partial charge is 0.291 e. The summed E-state index contributed by atoms with van der Waals surface area (Å²) in [6, 6.07) is 6.10. The van der Waals surface area contributed by atoms with E-state index in [0.29, 0.717) is 24.3 Å². The summed E-state index contributed by atoms with van der Waals surface area (Å²) in [5, 5.41) is 5.97. The fraction of sp³-hybridized carbons (Fsp3) is 0.333. The van der Waals surface area contributed by atoms with Crippen LogP contribution in [0.2, 0.25) is 0 Å². The number of imidazole rings is 1. The van der Waals surface area contributed by atoms with Crippen LogP contribution >= 0.6 is 0 Å². The zero-order valence-corrected chi connectivity index (χ0v) is 20.0. The van der Waals surface area contributed by atoms with E-state index in [-0.39, 0.29) is 28.8 Å². The number of nitrogens with one attached hydrogen (secondary N) is 2. The number of aromatic nitrogens is 3. The van der Waals surface area contributed by atoms with Gasteiger partial charge in [0.1, 0.15) is 0 Å². The number of piperazine rings is 1. The maximum atomic E-state index is 14.6. The van der Waals surface area contributed by atoms with Crippen molar-refractivity contribution >= 4 is 23.3 Å². The molecule has 0 unspecified atom stereocenters. The largest absolute Gasteiger partial charge is 0.360 e. The van der Waals surface area contributed by atoms with Crippen molar-refractivity contribution in [3.05, 3.63) is 59.2 Å². The average Bonchev–Trinajstić information content (AvgIpc) is 3.21. The number of hydrogen-bond donors (Lipinski definition) is 2. The first-order valence-corrected chi connectivity index (χ1v) is 11.1. The van der Waals surface area contributed by atoms with Crippen LogP contribution < -0.4 is 15.5 Å². The van der Waals surface area contributed by atoms with E-state index in [4.69, 9.17) is 0 Å². The molecular weight excluding hydrogens is 456 g/mol. The van der Waals surface area contributed by atoms with E-state index in [1.54, 1.807) is 37.2 Å². The molecule has 1 aliphatic heterocycles. The number of benzene rings is 1. The van der Waals surface area contributed by atoms with Gasteiger partial charge in [0.2, 0.25) is 5.95 Å². The van der Waals surface area contributed by atoms with Crippen molar-refractivity contribution in [1.82, 2.24) is 24.8 Å². The van der Waals surface area contributed by atoms with Gasteiger partial charge in [0.05, 0.1) is 17.5 Å².